The van der Waals surface area contributed by atoms with Crippen LogP contribution in [0.5, 0.6) is 0 Å². The van der Waals surface area contributed by atoms with Gasteiger partial charge in [0, 0.05) is 16.3 Å². The molecule has 0 aliphatic rings. The molecule has 0 bridgehead atoms. The van der Waals surface area contributed by atoms with Gasteiger partial charge < -0.3 is 5.32 Å². The van der Waals surface area contributed by atoms with Crippen LogP contribution in [0.3, 0.4) is 0 Å². The minimum atomic E-state index is -4.06. The van der Waals surface area contributed by atoms with Gasteiger partial charge in [-0.3, -0.25) is 13.9 Å². The van der Waals surface area contributed by atoms with Crippen LogP contribution in [0.25, 0.3) is 0 Å². The summed E-state index contributed by atoms with van der Waals surface area (Å²) < 4.78 is 27.7. The van der Waals surface area contributed by atoms with E-state index < -0.39 is 22.5 Å². The second kappa shape index (κ2) is 12.4. The summed E-state index contributed by atoms with van der Waals surface area (Å²) in [4.78, 5) is 25.2. The Balaban J connectivity index is 1.46. The quantitative estimate of drug-likeness (QED) is 0.213. The number of amides is 2. The van der Waals surface area contributed by atoms with E-state index in [2.05, 4.69) is 15.8 Å². The number of nitrogens with one attached hydrogen (secondary N) is 2. The molecule has 0 spiro atoms. The van der Waals surface area contributed by atoms with Crippen LogP contribution in [0.2, 0.25) is 5.02 Å². The van der Waals surface area contributed by atoms with Gasteiger partial charge in [-0.15, -0.1) is 0 Å². The molecule has 198 valence electrons. The third kappa shape index (κ3) is 7.10. The number of carbonyl (C=O) groups excluding carboxylic acids is 2. The summed E-state index contributed by atoms with van der Waals surface area (Å²) in [5.74, 6) is -0.865. The van der Waals surface area contributed by atoms with Crippen molar-refractivity contribution < 1.29 is 18.0 Å². The molecule has 2 amide bonds. The van der Waals surface area contributed by atoms with Crippen LogP contribution in [-0.4, -0.2) is 32.5 Å². The Kier molecular flexibility index (Phi) is 8.75. The number of hydrazone groups is 1. The Bertz CT molecular complexity index is 1590. The second-order valence-corrected chi connectivity index (χ2v) is 10.7. The molecule has 10 heteroatoms. The fraction of sp³-hybridized carbons (Fsp3) is 0.0690. The first-order chi connectivity index (χ1) is 18.7. The van der Waals surface area contributed by atoms with Gasteiger partial charge >= 0.3 is 0 Å². The molecule has 0 unspecified atom stereocenters. The lowest BCUT2D eigenvalue weighted by atomic mass is 10.1. The van der Waals surface area contributed by atoms with Crippen molar-refractivity contribution in [3.8, 4) is 0 Å². The molecule has 39 heavy (non-hydrogen) atoms. The Morgan fingerprint density at radius 2 is 1.46 bits per heavy atom. The predicted molar refractivity (Wildman–Crippen MR) is 154 cm³/mol. The number of hydrogen-bond acceptors (Lipinski definition) is 5. The highest BCUT2D eigenvalue weighted by Gasteiger charge is 2.27. The van der Waals surface area contributed by atoms with E-state index in [4.69, 9.17) is 11.6 Å². The first-order valence-electron chi connectivity index (χ1n) is 11.9. The van der Waals surface area contributed by atoms with Gasteiger partial charge in [-0.1, -0.05) is 66.2 Å². The molecule has 0 fully saturated rings. The monoisotopic (exact) mass is 560 g/mol. The molecule has 0 radical (unpaired) electrons. The van der Waals surface area contributed by atoms with Crippen molar-refractivity contribution in [1.29, 1.82) is 0 Å². The van der Waals surface area contributed by atoms with Crippen LogP contribution in [0.15, 0.2) is 119 Å². The van der Waals surface area contributed by atoms with E-state index in [0.717, 1.165) is 4.31 Å². The van der Waals surface area contributed by atoms with Crippen LogP contribution >= 0.6 is 11.6 Å². The zero-order valence-corrected chi connectivity index (χ0v) is 22.5. The Morgan fingerprint density at radius 3 is 2.10 bits per heavy atom. The molecule has 0 aliphatic heterocycles. The van der Waals surface area contributed by atoms with Gasteiger partial charge in [-0.25, -0.2) is 13.8 Å². The average Bonchev–Trinajstić information content (AvgIpc) is 2.96. The van der Waals surface area contributed by atoms with Gasteiger partial charge in [-0.2, -0.15) is 5.10 Å². The fourth-order valence-electron chi connectivity index (χ4n) is 3.63. The number of anilines is 2. The third-order valence-corrected chi connectivity index (χ3v) is 7.68. The highest BCUT2D eigenvalue weighted by Crippen LogP contribution is 2.26. The molecule has 0 heterocycles. The minimum Gasteiger partial charge on any atom is -0.322 e. The molecule has 0 saturated carbocycles. The minimum absolute atomic E-state index is 0.0388. The maximum absolute atomic E-state index is 13.4. The molecular formula is C29H25ClN4O4S. The third-order valence-electron chi connectivity index (χ3n) is 5.66. The van der Waals surface area contributed by atoms with Crippen molar-refractivity contribution in [3.05, 3.63) is 125 Å². The molecule has 0 aromatic heterocycles. The molecule has 4 aromatic carbocycles. The van der Waals surface area contributed by atoms with E-state index in [1.54, 1.807) is 91.9 Å². The van der Waals surface area contributed by atoms with E-state index in [0.29, 0.717) is 27.5 Å². The van der Waals surface area contributed by atoms with Crippen molar-refractivity contribution in [3.63, 3.8) is 0 Å². The smallest absolute Gasteiger partial charge is 0.264 e. The van der Waals surface area contributed by atoms with Crippen LogP contribution in [-0.2, 0) is 14.8 Å². The summed E-state index contributed by atoms with van der Waals surface area (Å²) >= 11 is 6.10. The molecule has 0 aliphatic carbocycles. The average molecular weight is 561 g/mol. The second-order valence-electron chi connectivity index (χ2n) is 8.43. The van der Waals surface area contributed by atoms with Crippen LogP contribution in [0.4, 0.5) is 11.4 Å². The molecular weight excluding hydrogens is 536 g/mol. The normalized spacial score (nSPS) is 11.5. The zero-order chi connectivity index (χ0) is 27.8. The summed E-state index contributed by atoms with van der Waals surface area (Å²) in [6.07, 6.45) is 0. The van der Waals surface area contributed by atoms with Crippen molar-refractivity contribution in [2.75, 3.05) is 16.2 Å². The first kappa shape index (κ1) is 27.6. The van der Waals surface area contributed by atoms with Gasteiger partial charge in [0.05, 0.1) is 16.3 Å². The number of sulfonamides is 1. The van der Waals surface area contributed by atoms with E-state index in [1.165, 1.54) is 18.2 Å². The van der Waals surface area contributed by atoms with Gasteiger partial charge in [0.25, 0.3) is 21.8 Å². The first-order valence-corrected chi connectivity index (χ1v) is 13.7. The van der Waals surface area contributed by atoms with Crippen molar-refractivity contribution in [1.82, 2.24) is 5.43 Å². The number of rotatable bonds is 9. The SMILES string of the molecule is C/C(=N/NC(=O)CN(c1cccc(Cl)c1)S(=O)(=O)c1ccccc1)c1ccc(NC(=O)c2ccccc2)cc1. The number of hydrogen-bond donors (Lipinski definition) is 2. The topological polar surface area (TPSA) is 108 Å². The van der Waals surface area contributed by atoms with Crippen LogP contribution in [0, 0.1) is 0 Å². The van der Waals surface area contributed by atoms with Crippen molar-refractivity contribution in [2.45, 2.75) is 11.8 Å². The fourth-order valence-corrected chi connectivity index (χ4v) is 5.25. The Morgan fingerprint density at radius 1 is 0.821 bits per heavy atom. The van der Waals surface area contributed by atoms with E-state index in [-0.39, 0.29) is 16.5 Å². The summed E-state index contributed by atoms with van der Waals surface area (Å²) in [5, 5.41) is 7.29. The van der Waals surface area contributed by atoms with E-state index in [1.807, 2.05) is 6.07 Å². The molecule has 4 rings (SSSR count). The lowest BCUT2D eigenvalue weighted by Gasteiger charge is -2.23. The zero-order valence-electron chi connectivity index (χ0n) is 20.9. The maximum atomic E-state index is 13.4. The standard InChI is InChI=1S/C29H25ClN4O4S/c1-21(22-15-17-25(18-16-22)31-29(36)23-9-4-2-5-10-23)32-33-28(35)20-34(26-12-8-11-24(30)19-26)39(37,38)27-13-6-3-7-14-27/h2-19H,20H2,1H3,(H,31,36)(H,33,35)/b32-21-. The molecule has 0 atom stereocenters. The largest absolute Gasteiger partial charge is 0.322 e. The van der Waals surface area contributed by atoms with Crippen molar-refractivity contribution in [2.24, 2.45) is 5.10 Å². The lowest BCUT2D eigenvalue weighted by molar-refractivity contribution is -0.119. The summed E-state index contributed by atoms with van der Waals surface area (Å²) in [7, 11) is -4.06. The number of carbonyl (C=O) groups is 2. The van der Waals surface area contributed by atoms with Crippen molar-refractivity contribution >= 4 is 50.5 Å². The van der Waals surface area contributed by atoms with Crippen LogP contribution in [0.1, 0.15) is 22.8 Å². The molecule has 0 saturated heterocycles. The maximum Gasteiger partial charge on any atom is 0.264 e. The number of benzene rings is 4. The van der Waals surface area contributed by atoms with Crippen LogP contribution < -0.4 is 15.0 Å². The summed E-state index contributed by atoms with van der Waals surface area (Å²) in [5.41, 5.74) is 5.02. The van der Waals surface area contributed by atoms with Gasteiger partial charge in [0.15, 0.2) is 0 Å². The molecule has 2 N–H and O–H groups in total. The Hall–Kier alpha value is -4.47. The predicted octanol–water partition coefficient (Wildman–Crippen LogP) is 5.33. The van der Waals surface area contributed by atoms with Gasteiger partial charge in [0.1, 0.15) is 6.54 Å². The van der Waals surface area contributed by atoms with E-state index in [9.17, 15) is 18.0 Å². The number of halogens is 1. The molecule has 4 aromatic rings. The highest BCUT2D eigenvalue weighted by molar-refractivity contribution is 7.92. The Labute approximate surface area is 232 Å². The summed E-state index contributed by atoms with van der Waals surface area (Å²) in [6, 6.07) is 29.9. The number of nitrogens with zero attached hydrogens (tertiary/aromatic N) is 2. The molecule has 8 nitrogen and oxygen atoms in total. The highest BCUT2D eigenvalue weighted by atomic mass is 35.5. The summed E-state index contributed by atoms with van der Waals surface area (Å²) in [6.45, 7) is 1.19. The van der Waals surface area contributed by atoms with Gasteiger partial charge in [0.2, 0.25) is 0 Å². The van der Waals surface area contributed by atoms with Gasteiger partial charge in [-0.05, 0) is 67.1 Å². The van der Waals surface area contributed by atoms with E-state index >= 15 is 0 Å². The lowest BCUT2D eigenvalue weighted by Crippen LogP contribution is -2.39.